The third kappa shape index (κ3) is 10.3. The fourth-order valence-corrected chi connectivity index (χ4v) is 7.62. The van der Waals surface area contributed by atoms with Crippen molar-refractivity contribution < 1.29 is 51.9 Å². The molecule has 3 nitrogen and oxygen atoms in total. The molecular weight excluding hydrogens is 969 g/mol. The summed E-state index contributed by atoms with van der Waals surface area (Å²) >= 11 is 0. The van der Waals surface area contributed by atoms with Crippen molar-refractivity contribution in [3.8, 4) is 55.9 Å². The van der Waals surface area contributed by atoms with Gasteiger partial charge in [0.2, 0.25) is 0 Å². The average Bonchev–Trinajstić information content (AvgIpc) is 1.87. The Morgan fingerprint density at radius 3 is 1.92 bits per heavy atom. The Bertz CT molecular complexity index is 3900. The molecule has 0 amide bonds. The van der Waals surface area contributed by atoms with Gasteiger partial charge in [0.15, 0.2) is 0 Å². The number of rotatable bonds is 6. The van der Waals surface area contributed by atoms with Crippen molar-refractivity contribution in [3.63, 3.8) is 0 Å². The maximum Gasteiger partial charge on any atom is 0.123 e. The summed E-state index contributed by atoms with van der Waals surface area (Å²) in [4.78, 5) is 8.85. The van der Waals surface area contributed by atoms with Crippen LogP contribution in [-0.4, -0.2) is 9.97 Å². The SMILES string of the molecule is [2H]C([2H])([2H])c1c[c-]c(-c2ccc(C([2H])([2H])C(C)(C)C)cn2)cc1-c1ccccc1.[2H]C([2H])([2H])c1cc(C([2H])([2H])[2H])c2oc3c(-c4cc(-c5cc(C([2H])([2H])[2H])c(-c6ccc(C(C)(C)C)cc6)cc5C([2H])([2H])[2H])c(C([2H])([2H])[2H])cn4)[c-]ccc3c2c1.[Ir]. The Morgan fingerprint density at radius 1 is 0.569 bits per heavy atom. The number of pyridine rings is 2. The van der Waals surface area contributed by atoms with E-state index in [9.17, 15) is 0 Å². The molecule has 0 saturated heterocycles. The Morgan fingerprint density at radius 2 is 1.25 bits per heavy atom. The molecule has 0 atom stereocenters. The van der Waals surface area contributed by atoms with E-state index in [-0.39, 0.29) is 103 Å². The van der Waals surface area contributed by atoms with E-state index in [1.807, 2.05) is 84.0 Å². The second-order valence-corrected chi connectivity index (χ2v) is 17.8. The number of benzene rings is 6. The van der Waals surface area contributed by atoms with Crippen LogP contribution in [0.5, 0.6) is 0 Å². The third-order valence-corrected chi connectivity index (χ3v) is 10.8. The fourth-order valence-electron chi connectivity index (χ4n) is 7.62. The molecule has 0 spiro atoms. The summed E-state index contributed by atoms with van der Waals surface area (Å²) in [6.07, 6.45) is 1.09. The van der Waals surface area contributed by atoms with Crippen molar-refractivity contribution in [1.29, 1.82) is 0 Å². The summed E-state index contributed by atoms with van der Waals surface area (Å²) in [7, 11) is 0. The van der Waals surface area contributed by atoms with Crippen LogP contribution >= 0.6 is 0 Å². The van der Waals surface area contributed by atoms with Crippen LogP contribution in [0.15, 0.2) is 138 Å². The van der Waals surface area contributed by atoms with E-state index in [1.165, 1.54) is 36.4 Å². The minimum atomic E-state index is -2.84. The van der Waals surface area contributed by atoms with E-state index in [0.717, 1.165) is 23.4 Å². The monoisotopic (exact) mass is 1050 g/mol. The summed E-state index contributed by atoms with van der Waals surface area (Å²) in [6.45, 7) is -4.41. The van der Waals surface area contributed by atoms with E-state index >= 15 is 0 Å². The maximum absolute atomic E-state index is 8.54. The van der Waals surface area contributed by atoms with Crippen LogP contribution in [0, 0.1) is 58.7 Å². The van der Waals surface area contributed by atoms with Gasteiger partial charge < -0.3 is 14.4 Å². The number of aryl methyl sites for hydroxylation is 6. The molecule has 65 heavy (non-hydrogen) atoms. The van der Waals surface area contributed by atoms with Crippen molar-refractivity contribution >= 4 is 21.9 Å². The summed E-state index contributed by atoms with van der Waals surface area (Å²) in [5.74, 6) is 0. The van der Waals surface area contributed by atoms with E-state index < -0.39 is 52.9 Å². The number of fused-ring (bicyclic) bond motifs is 3. The van der Waals surface area contributed by atoms with Gasteiger partial charge in [-0.2, -0.15) is 0 Å². The van der Waals surface area contributed by atoms with Crippen LogP contribution in [0.25, 0.3) is 77.8 Å². The first-order valence-corrected chi connectivity index (χ1v) is 20.8. The summed E-state index contributed by atoms with van der Waals surface area (Å²) in [6, 6.07) is 38.7. The van der Waals surface area contributed by atoms with E-state index in [2.05, 4.69) is 22.1 Å². The molecule has 0 aliphatic rings. The Balaban J connectivity index is 0.000000290. The van der Waals surface area contributed by atoms with Gasteiger partial charge in [0.05, 0.1) is 5.58 Å². The molecule has 331 valence electrons. The molecular formula is C61H60IrN2O-2. The van der Waals surface area contributed by atoms with Crippen molar-refractivity contribution in [1.82, 2.24) is 9.97 Å². The number of hydrogen-bond acceptors (Lipinski definition) is 3. The summed E-state index contributed by atoms with van der Waals surface area (Å²) < 4.78 is 171. The quantitative estimate of drug-likeness (QED) is 0.156. The maximum atomic E-state index is 8.54. The molecule has 0 fully saturated rings. The minimum Gasteiger partial charge on any atom is -0.500 e. The van der Waals surface area contributed by atoms with Gasteiger partial charge in [0, 0.05) is 65.3 Å². The van der Waals surface area contributed by atoms with Crippen molar-refractivity contribution in [2.24, 2.45) is 5.41 Å². The topological polar surface area (TPSA) is 38.9 Å². The molecule has 0 aliphatic heterocycles. The van der Waals surface area contributed by atoms with Crippen LogP contribution in [-0.2, 0) is 31.9 Å². The zero-order valence-electron chi connectivity index (χ0n) is 56.8. The smallest absolute Gasteiger partial charge is 0.123 e. The standard InChI is InChI=1S/C38H36NO.C23H24N.Ir/c1-22-16-25(4)36-34(17-22)29-10-9-11-30(37(29)40-36)35-20-33(26(5)21-39-35)32-19-23(2)31(18-24(32)3)27-12-14-28(15-13-27)38(6,7)8;1-17-10-12-20(14-21(17)19-8-6-5-7-9-19)22-13-11-18(16-24-22)15-23(2,3)4;/h9-10,12-21H,1-8H3;5-11,13-14,16H,15H2,1-4H3;/q2*-1;/i1D3,2D3,3D3,4D3,5D3;1D3,15D2;. The van der Waals surface area contributed by atoms with Gasteiger partial charge in [-0.05, 0) is 130 Å². The van der Waals surface area contributed by atoms with Crippen LogP contribution in [0.3, 0.4) is 0 Å². The van der Waals surface area contributed by atoms with Crippen LogP contribution in [0.2, 0.25) is 0 Å². The molecule has 1 radical (unpaired) electrons. The fraction of sp³-hybridized carbons (Fsp3) is 0.246. The second kappa shape index (κ2) is 18.9. The third-order valence-electron chi connectivity index (χ3n) is 10.8. The first kappa shape index (κ1) is 27.5. The molecule has 3 aromatic heterocycles. The van der Waals surface area contributed by atoms with E-state index in [4.69, 9.17) is 31.8 Å². The molecule has 9 rings (SSSR count). The number of nitrogens with zero attached hydrogens (tertiary/aromatic N) is 2. The van der Waals surface area contributed by atoms with E-state index in [1.54, 1.807) is 42.6 Å². The largest absolute Gasteiger partial charge is 0.500 e. The van der Waals surface area contributed by atoms with Crippen molar-refractivity contribution in [2.75, 3.05) is 0 Å². The van der Waals surface area contributed by atoms with Crippen LogP contribution < -0.4 is 0 Å². The van der Waals surface area contributed by atoms with Gasteiger partial charge in [-0.25, -0.2) is 0 Å². The predicted octanol–water partition coefficient (Wildman–Crippen LogP) is 16.7. The number of aromatic nitrogens is 2. The minimum absolute atomic E-state index is 0. The first-order valence-electron chi connectivity index (χ1n) is 30.8. The molecule has 0 unspecified atom stereocenters. The van der Waals surface area contributed by atoms with Crippen molar-refractivity contribution in [2.45, 2.75) is 94.4 Å². The molecule has 4 heteroatoms. The molecule has 0 N–H and O–H groups in total. The summed E-state index contributed by atoms with van der Waals surface area (Å²) in [5, 5.41) is 0.542. The van der Waals surface area contributed by atoms with Gasteiger partial charge in [0.25, 0.3) is 0 Å². The Kier molecular flexibility index (Phi) is 8.00. The van der Waals surface area contributed by atoms with Crippen LogP contribution in [0.4, 0.5) is 0 Å². The molecule has 6 aromatic carbocycles. The molecule has 9 aromatic rings. The Hall–Kier alpha value is -5.93. The zero-order chi connectivity index (χ0) is 62.3. The van der Waals surface area contributed by atoms with Gasteiger partial charge in [-0.3, -0.25) is 0 Å². The number of hydrogen-bond donors (Lipinski definition) is 0. The molecule has 0 bridgehead atoms. The second-order valence-electron chi connectivity index (χ2n) is 17.8. The zero-order valence-corrected chi connectivity index (χ0v) is 39.2. The first-order chi connectivity index (χ1) is 38.5. The molecule has 0 saturated carbocycles. The number of furan rings is 1. The Labute approximate surface area is 428 Å². The van der Waals surface area contributed by atoms with Gasteiger partial charge in [-0.1, -0.05) is 161 Å². The van der Waals surface area contributed by atoms with E-state index in [0.29, 0.717) is 33.3 Å². The van der Waals surface area contributed by atoms with Crippen molar-refractivity contribution in [3.05, 3.63) is 190 Å². The molecule has 0 aliphatic carbocycles. The van der Waals surface area contributed by atoms with Crippen LogP contribution in [0.1, 0.15) is 113 Å². The predicted molar refractivity (Wildman–Crippen MR) is 271 cm³/mol. The molecule has 3 heterocycles. The van der Waals surface area contributed by atoms with Gasteiger partial charge >= 0.3 is 0 Å². The van der Waals surface area contributed by atoms with Gasteiger partial charge in [-0.15, -0.1) is 47.5 Å². The van der Waals surface area contributed by atoms with Gasteiger partial charge in [0.1, 0.15) is 5.58 Å². The summed E-state index contributed by atoms with van der Waals surface area (Å²) in [5.41, 5.74) is 2.86. The average molecular weight is 1050 g/mol. The normalized spacial score (nSPS) is 17.6.